The summed E-state index contributed by atoms with van der Waals surface area (Å²) in [5.41, 5.74) is 6.08. The molecule has 0 spiro atoms. The van der Waals surface area contributed by atoms with Crippen molar-refractivity contribution >= 4 is 34.1 Å². The summed E-state index contributed by atoms with van der Waals surface area (Å²) in [6.45, 7) is 7.16. The number of para-hydroxylation sites is 2. The highest BCUT2D eigenvalue weighted by Crippen LogP contribution is 2.22. The second kappa shape index (κ2) is 7.64. The minimum atomic E-state index is 0.710. The summed E-state index contributed by atoms with van der Waals surface area (Å²) in [6, 6.07) is 21.0. The van der Waals surface area contributed by atoms with Crippen LogP contribution in [-0.2, 0) is 6.54 Å². The Kier molecular flexibility index (Phi) is 4.82. The van der Waals surface area contributed by atoms with Gasteiger partial charge in [-0.15, -0.1) is 0 Å². The van der Waals surface area contributed by atoms with Gasteiger partial charge in [-0.3, -0.25) is 9.88 Å². The molecule has 0 amide bonds. The van der Waals surface area contributed by atoms with E-state index in [4.69, 9.17) is 11.6 Å². The first-order chi connectivity index (χ1) is 14.6. The molecular formula is C24H24ClN5+2. The van der Waals surface area contributed by atoms with E-state index in [1.54, 1.807) is 4.90 Å². The maximum absolute atomic E-state index is 9.73. The molecule has 5 rings (SSSR count). The van der Waals surface area contributed by atoms with Crippen molar-refractivity contribution in [3.8, 4) is 6.07 Å². The number of hydrogen-bond donors (Lipinski definition) is 2. The van der Waals surface area contributed by atoms with Gasteiger partial charge < -0.3 is 4.90 Å². The van der Waals surface area contributed by atoms with Crippen LogP contribution in [-0.4, -0.2) is 31.2 Å². The number of pyridine rings is 1. The van der Waals surface area contributed by atoms with Crippen molar-refractivity contribution in [2.75, 3.05) is 31.1 Å². The number of nitrogens with one attached hydrogen (secondary N) is 2. The SMILES string of the molecule is Cc1cc(N2CC[NH+](Cc3ccc(Cl)cc3)CC2)[n+]2c([nH]c3ccccc32)c1C#N. The van der Waals surface area contributed by atoms with Crippen LogP contribution in [0.4, 0.5) is 5.82 Å². The lowest BCUT2D eigenvalue weighted by molar-refractivity contribution is -0.914. The number of rotatable bonds is 3. The number of aryl methyl sites for hydroxylation is 1. The summed E-state index contributed by atoms with van der Waals surface area (Å²) < 4.78 is 2.21. The fourth-order valence-corrected chi connectivity index (χ4v) is 4.63. The predicted octanol–water partition coefficient (Wildman–Crippen LogP) is 2.65. The van der Waals surface area contributed by atoms with Crippen LogP contribution in [0.25, 0.3) is 16.7 Å². The van der Waals surface area contributed by atoms with Crippen LogP contribution < -0.4 is 14.2 Å². The number of nitrogens with zero attached hydrogens (tertiary/aromatic N) is 3. The average molecular weight is 418 g/mol. The van der Waals surface area contributed by atoms with E-state index in [2.05, 4.69) is 50.7 Å². The molecule has 2 aromatic heterocycles. The Bertz CT molecular complexity index is 1260. The van der Waals surface area contributed by atoms with Crippen LogP contribution >= 0.6 is 11.6 Å². The molecule has 1 saturated heterocycles. The van der Waals surface area contributed by atoms with Crippen LogP contribution in [0.3, 0.4) is 0 Å². The van der Waals surface area contributed by atoms with E-state index in [0.717, 1.165) is 65.8 Å². The summed E-state index contributed by atoms with van der Waals surface area (Å²) in [4.78, 5) is 7.50. The monoisotopic (exact) mass is 417 g/mol. The van der Waals surface area contributed by atoms with E-state index < -0.39 is 0 Å². The van der Waals surface area contributed by atoms with E-state index in [0.29, 0.717) is 5.56 Å². The average Bonchev–Trinajstić information content (AvgIpc) is 3.15. The van der Waals surface area contributed by atoms with Crippen molar-refractivity contribution in [2.24, 2.45) is 0 Å². The lowest BCUT2D eigenvalue weighted by Crippen LogP contribution is -3.13. The smallest absolute Gasteiger partial charge is 0.250 e. The molecule has 0 unspecified atom stereocenters. The molecule has 2 N–H and O–H groups in total. The first-order valence-electron chi connectivity index (χ1n) is 10.3. The zero-order chi connectivity index (χ0) is 20.7. The minimum Gasteiger partial charge on any atom is -0.326 e. The maximum Gasteiger partial charge on any atom is 0.250 e. The van der Waals surface area contributed by atoms with Crippen molar-refractivity contribution in [3.63, 3.8) is 0 Å². The third-order valence-electron chi connectivity index (χ3n) is 6.10. The molecule has 0 aliphatic carbocycles. The standard InChI is InChI=1S/C24H22ClN5/c1-17-14-23(30-22-5-3-2-4-21(22)27-24(30)20(17)15-26)29-12-10-28(11-13-29)16-18-6-8-19(25)9-7-18/h2-9,14H,10-13,16H2,1H3/p+2. The van der Waals surface area contributed by atoms with E-state index >= 15 is 0 Å². The molecule has 2 aromatic carbocycles. The van der Waals surface area contributed by atoms with Gasteiger partial charge in [0.2, 0.25) is 11.5 Å². The van der Waals surface area contributed by atoms with Crippen LogP contribution in [0, 0.1) is 18.3 Å². The molecule has 0 bridgehead atoms. The molecule has 5 nitrogen and oxygen atoms in total. The molecule has 0 radical (unpaired) electrons. The number of H-pyrrole nitrogens is 1. The van der Waals surface area contributed by atoms with Crippen molar-refractivity contribution in [1.29, 1.82) is 5.26 Å². The summed E-state index contributed by atoms with van der Waals surface area (Å²) in [6.07, 6.45) is 0. The molecule has 0 atom stereocenters. The third kappa shape index (κ3) is 3.28. The molecule has 1 aliphatic rings. The summed E-state index contributed by atoms with van der Waals surface area (Å²) in [7, 11) is 0. The van der Waals surface area contributed by atoms with E-state index in [9.17, 15) is 5.26 Å². The highest BCUT2D eigenvalue weighted by Gasteiger charge is 2.29. The molecule has 4 aromatic rings. The van der Waals surface area contributed by atoms with Gasteiger partial charge in [-0.1, -0.05) is 35.9 Å². The van der Waals surface area contributed by atoms with Crippen LogP contribution in [0.1, 0.15) is 16.7 Å². The Morgan fingerprint density at radius 3 is 2.60 bits per heavy atom. The third-order valence-corrected chi connectivity index (χ3v) is 6.35. The lowest BCUT2D eigenvalue weighted by Gasteiger charge is -2.30. The molecule has 3 heterocycles. The quantitative estimate of drug-likeness (QED) is 0.503. The fourth-order valence-electron chi connectivity index (χ4n) is 4.50. The number of imidazole rings is 1. The molecule has 1 aliphatic heterocycles. The van der Waals surface area contributed by atoms with Gasteiger partial charge in [0.15, 0.2) is 0 Å². The van der Waals surface area contributed by atoms with Gasteiger partial charge in [-0.2, -0.15) is 9.66 Å². The number of aromatic amines is 1. The Morgan fingerprint density at radius 2 is 1.87 bits per heavy atom. The Balaban J connectivity index is 1.46. The van der Waals surface area contributed by atoms with Crippen molar-refractivity contribution in [3.05, 3.63) is 76.3 Å². The van der Waals surface area contributed by atoms with E-state index in [1.807, 2.05) is 31.2 Å². The number of piperazine rings is 1. The van der Waals surface area contributed by atoms with Crippen molar-refractivity contribution < 1.29 is 9.30 Å². The number of nitriles is 1. The largest absolute Gasteiger partial charge is 0.326 e. The number of anilines is 1. The molecular weight excluding hydrogens is 394 g/mol. The van der Waals surface area contributed by atoms with Gasteiger partial charge in [0, 0.05) is 16.7 Å². The van der Waals surface area contributed by atoms with Gasteiger partial charge in [-0.25, -0.2) is 0 Å². The van der Waals surface area contributed by atoms with Gasteiger partial charge in [0.25, 0.3) is 0 Å². The van der Waals surface area contributed by atoms with Gasteiger partial charge in [0.05, 0.1) is 0 Å². The summed E-state index contributed by atoms with van der Waals surface area (Å²) in [5.74, 6) is 1.16. The van der Waals surface area contributed by atoms with Crippen molar-refractivity contribution in [1.82, 2.24) is 4.98 Å². The van der Waals surface area contributed by atoms with Crippen LogP contribution in [0.5, 0.6) is 0 Å². The topological polar surface area (TPSA) is 51.4 Å². The second-order valence-electron chi connectivity index (χ2n) is 8.04. The Labute approximate surface area is 180 Å². The minimum absolute atomic E-state index is 0.710. The molecule has 0 saturated carbocycles. The summed E-state index contributed by atoms with van der Waals surface area (Å²) >= 11 is 6.02. The number of quaternary nitrogens is 1. The molecule has 30 heavy (non-hydrogen) atoms. The lowest BCUT2D eigenvalue weighted by atomic mass is 10.1. The highest BCUT2D eigenvalue weighted by atomic mass is 35.5. The summed E-state index contributed by atoms with van der Waals surface area (Å²) in [5, 5.41) is 10.5. The van der Waals surface area contributed by atoms with Gasteiger partial charge in [-0.05, 0) is 36.8 Å². The number of fused-ring (bicyclic) bond motifs is 3. The predicted molar refractivity (Wildman–Crippen MR) is 119 cm³/mol. The van der Waals surface area contributed by atoms with Crippen LogP contribution in [0.2, 0.25) is 5.02 Å². The number of benzene rings is 2. The first-order valence-corrected chi connectivity index (χ1v) is 10.7. The number of halogens is 1. The van der Waals surface area contributed by atoms with Crippen LogP contribution in [0.15, 0.2) is 54.6 Å². The van der Waals surface area contributed by atoms with Crippen molar-refractivity contribution in [2.45, 2.75) is 13.5 Å². The van der Waals surface area contributed by atoms with Gasteiger partial charge >= 0.3 is 0 Å². The Hall–Kier alpha value is -3.07. The molecule has 150 valence electrons. The molecule has 1 fully saturated rings. The second-order valence-corrected chi connectivity index (χ2v) is 8.48. The number of aromatic nitrogens is 2. The maximum atomic E-state index is 9.73. The van der Waals surface area contributed by atoms with E-state index in [-0.39, 0.29) is 0 Å². The normalized spacial score (nSPS) is 15.0. The fraction of sp³-hybridized carbons (Fsp3) is 0.250. The Morgan fingerprint density at radius 1 is 1.13 bits per heavy atom. The van der Waals surface area contributed by atoms with E-state index in [1.165, 1.54) is 5.56 Å². The zero-order valence-electron chi connectivity index (χ0n) is 17.0. The zero-order valence-corrected chi connectivity index (χ0v) is 17.7. The van der Waals surface area contributed by atoms with Gasteiger partial charge in [0.1, 0.15) is 55.4 Å². The molecule has 6 heteroatoms. The first kappa shape index (κ1) is 18.9. The number of hydrogen-bond acceptors (Lipinski definition) is 2. The highest BCUT2D eigenvalue weighted by molar-refractivity contribution is 6.30.